The Kier molecular flexibility index (Phi) is 5.13. The van der Waals surface area contributed by atoms with E-state index < -0.39 is 11.2 Å². The van der Waals surface area contributed by atoms with Gasteiger partial charge in [0.05, 0.1) is 12.7 Å². The van der Waals surface area contributed by atoms with Crippen molar-refractivity contribution in [3.05, 3.63) is 88.6 Å². The van der Waals surface area contributed by atoms with Gasteiger partial charge < -0.3 is 14.6 Å². The van der Waals surface area contributed by atoms with Gasteiger partial charge in [0.25, 0.3) is 0 Å². The summed E-state index contributed by atoms with van der Waals surface area (Å²) in [6.07, 6.45) is 10.8. The second-order valence-electron chi connectivity index (χ2n) is 7.39. The van der Waals surface area contributed by atoms with Crippen LogP contribution in [0.3, 0.4) is 0 Å². The number of methoxy groups -OCH3 is 1. The average Bonchev–Trinajstić information content (AvgIpc) is 3.15. The van der Waals surface area contributed by atoms with E-state index in [2.05, 4.69) is 33.6 Å². The highest BCUT2D eigenvalue weighted by atomic mass is 79.9. The first-order valence-electron chi connectivity index (χ1n) is 9.68. The summed E-state index contributed by atoms with van der Waals surface area (Å²) >= 11 is 3.51. The van der Waals surface area contributed by atoms with E-state index in [0.717, 1.165) is 22.0 Å². The first kappa shape index (κ1) is 19.9. The van der Waals surface area contributed by atoms with Crippen molar-refractivity contribution in [1.29, 1.82) is 0 Å². The molecule has 0 saturated heterocycles. The monoisotopic (exact) mass is 453 g/mol. The number of nitrogens with zero attached hydrogens (tertiary/aromatic N) is 1. The molecular weight excluding hydrogens is 430 g/mol. The molecule has 0 spiro atoms. The lowest BCUT2D eigenvalue weighted by atomic mass is 9.71. The minimum absolute atomic E-state index is 0.0695. The minimum Gasteiger partial charge on any atom is -0.481 e. The Morgan fingerprint density at radius 2 is 2.10 bits per heavy atom. The summed E-state index contributed by atoms with van der Waals surface area (Å²) in [5, 5.41) is 12.2. The summed E-state index contributed by atoms with van der Waals surface area (Å²) in [4.78, 5) is 4.34. The van der Waals surface area contributed by atoms with Gasteiger partial charge in [0.2, 0.25) is 5.88 Å². The Bertz CT molecular complexity index is 998. The highest BCUT2D eigenvalue weighted by Crippen LogP contribution is 2.66. The number of rotatable bonds is 5. The van der Waals surface area contributed by atoms with Crippen molar-refractivity contribution in [2.24, 2.45) is 5.92 Å². The molecule has 150 valence electrons. The Morgan fingerprint density at radius 3 is 2.76 bits per heavy atom. The highest BCUT2D eigenvalue weighted by Gasteiger charge is 2.69. The molecule has 4 rings (SSSR count). The molecule has 5 heteroatoms. The molecule has 1 N–H and O–H groups in total. The maximum absolute atomic E-state index is 12.2. The number of aliphatic hydroxyl groups is 1. The molecule has 1 aromatic heterocycles. The molecular formula is C24H24BrNO3. The Labute approximate surface area is 179 Å². The topological polar surface area (TPSA) is 51.6 Å². The lowest BCUT2D eigenvalue weighted by Gasteiger charge is -2.40. The van der Waals surface area contributed by atoms with Crippen molar-refractivity contribution in [3.8, 4) is 11.6 Å². The zero-order chi connectivity index (χ0) is 20.6. The molecule has 2 aromatic rings. The molecule has 3 atom stereocenters. The van der Waals surface area contributed by atoms with Crippen molar-refractivity contribution < 1.29 is 14.6 Å². The minimum atomic E-state index is -1.26. The van der Waals surface area contributed by atoms with E-state index in [0.29, 0.717) is 23.6 Å². The molecule has 29 heavy (non-hydrogen) atoms. The predicted octanol–water partition coefficient (Wildman–Crippen LogP) is 5.43. The van der Waals surface area contributed by atoms with Crippen LogP contribution in [0.1, 0.15) is 30.9 Å². The number of fused-ring (bicyclic) bond motifs is 3. The van der Waals surface area contributed by atoms with Gasteiger partial charge in [-0.15, -0.1) is 0 Å². The predicted molar refractivity (Wildman–Crippen MR) is 117 cm³/mol. The Morgan fingerprint density at radius 1 is 1.34 bits per heavy atom. The number of halogens is 1. The fourth-order valence-corrected chi connectivity index (χ4v) is 5.20. The second-order valence-corrected chi connectivity index (χ2v) is 8.31. The number of hydrogen-bond acceptors (Lipinski definition) is 4. The smallest absolute Gasteiger partial charge is 0.223 e. The van der Waals surface area contributed by atoms with Gasteiger partial charge >= 0.3 is 0 Å². The van der Waals surface area contributed by atoms with Gasteiger partial charge in [-0.2, -0.15) is 0 Å². The molecule has 1 fully saturated rings. The number of benzene rings is 1. The molecule has 0 amide bonds. The summed E-state index contributed by atoms with van der Waals surface area (Å²) < 4.78 is 13.2. The van der Waals surface area contributed by atoms with Gasteiger partial charge in [-0.05, 0) is 49.1 Å². The summed E-state index contributed by atoms with van der Waals surface area (Å²) in [5.41, 5.74) is 0.374. The fraction of sp³-hybridized carbons (Fsp3) is 0.292. The van der Waals surface area contributed by atoms with Crippen LogP contribution in [0.25, 0.3) is 0 Å². The van der Waals surface area contributed by atoms with E-state index in [1.165, 1.54) is 0 Å². The molecule has 2 heterocycles. The number of ether oxygens (including phenoxy) is 2. The van der Waals surface area contributed by atoms with E-state index in [1.807, 2.05) is 43.3 Å². The number of aromatic nitrogens is 1. The van der Waals surface area contributed by atoms with Crippen molar-refractivity contribution in [2.45, 2.75) is 31.0 Å². The van der Waals surface area contributed by atoms with Crippen molar-refractivity contribution in [2.75, 3.05) is 7.11 Å². The quantitative estimate of drug-likeness (QED) is 0.613. The summed E-state index contributed by atoms with van der Waals surface area (Å²) in [6.45, 7) is 5.87. The molecule has 0 bridgehead atoms. The summed E-state index contributed by atoms with van der Waals surface area (Å²) in [7, 11) is 1.57. The Hall–Kier alpha value is -2.37. The van der Waals surface area contributed by atoms with Crippen molar-refractivity contribution in [3.63, 3.8) is 0 Å². The van der Waals surface area contributed by atoms with E-state index in [1.54, 1.807) is 25.4 Å². The highest BCUT2D eigenvalue weighted by molar-refractivity contribution is 9.10. The van der Waals surface area contributed by atoms with Crippen LogP contribution in [-0.4, -0.2) is 17.2 Å². The zero-order valence-corrected chi connectivity index (χ0v) is 18.1. The number of allylic oxidation sites excluding steroid dienone is 4. The lowest BCUT2D eigenvalue weighted by molar-refractivity contribution is -0.113. The van der Waals surface area contributed by atoms with Gasteiger partial charge in [0.1, 0.15) is 11.4 Å². The van der Waals surface area contributed by atoms with Gasteiger partial charge in [-0.25, -0.2) is 4.98 Å². The molecule has 1 aliphatic heterocycles. The SMILES string of the molecule is C=C/C=C(\C=C/C)C1CCC2(O)c3c(ccnc3OC)OC12c1ccc(Br)cc1. The van der Waals surface area contributed by atoms with Crippen LogP contribution in [0.2, 0.25) is 0 Å². The molecule has 3 unspecified atom stereocenters. The van der Waals surface area contributed by atoms with E-state index in [-0.39, 0.29) is 5.92 Å². The van der Waals surface area contributed by atoms with Crippen LogP contribution in [0.15, 0.2) is 77.5 Å². The molecule has 1 aliphatic carbocycles. The van der Waals surface area contributed by atoms with Crippen molar-refractivity contribution >= 4 is 15.9 Å². The van der Waals surface area contributed by atoms with Crippen LogP contribution in [0.4, 0.5) is 0 Å². The maximum Gasteiger partial charge on any atom is 0.223 e. The largest absolute Gasteiger partial charge is 0.481 e. The molecule has 1 saturated carbocycles. The van der Waals surface area contributed by atoms with Crippen LogP contribution in [0.5, 0.6) is 11.6 Å². The summed E-state index contributed by atoms with van der Waals surface area (Å²) in [6, 6.07) is 9.79. The van der Waals surface area contributed by atoms with E-state index in [4.69, 9.17) is 9.47 Å². The first-order chi connectivity index (χ1) is 14.0. The average molecular weight is 454 g/mol. The van der Waals surface area contributed by atoms with E-state index >= 15 is 0 Å². The third-order valence-electron chi connectivity index (χ3n) is 6.00. The van der Waals surface area contributed by atoms with Gasteiger partial charge in [-0.1, -0.05) is 58.9 Å². The zero-order valence-electron chi connectivity index (χ0n) is 16.6. The van der Waals surface area contributed by atoms with Gasteiger partial charge in [0, 0.05) is 16.6 Å². The van der Waals surface area contributed by atoms with Crippen molar-refractivity contribution in [1.82, 2.24) is 4.98 Å². The maximum atomic E-state index is 12.2. The molecule has 2 aliphatic rings. The van der Waals surface area contributed by atoms with Crippen LogP contribution in [-0.2, 0) is 11.2 Å². The van der Waals surface area contributed by atoms with E-state index in [9.17, 15) is 5.11 Å². The molecule has 0 radical (unpaired) electrons. The fourth-order valence-electron chi connectivity index (χ4n) is 4.93. The first-order valence-corrected chi connectivity index (χ1v) is 10.5. The third-order valence-corrected chi connectivity index (χ3v) is 6.53. The second kappa shape index (κ2) is 7.47. The normalized spacial score (nSPS) is 28.1. The van der Waals surface area contributed by atoms with Crippen LogP contribution < -0.4 is 9.47 Å². The Balaban J connectivity index is 2.00. The third kappa shape index (κ3) is 2.79. The van der Waals surface area contributed by atoms with Crippen LogP contribution >= 0.6 is 15.9 Å². The van der Waals surface area contributed by atoms with Gasteiger partial charge in [0.15, 0.2) is 5.60 Å². The molecule has 1 aromatic carbocycles. The molecule has 4 nitrogen and oxygen atoms in total. The van der Waals surface area contributed by atoms with Gasteiger partial charge in [-0.3, -0.25) is 0 Å². The summed E-state index contributed by atoms with van der Waals surface area (Å²) in [5.74, 6) is 0.954. The lowest BCUT2D eigenvalue weighted by Crippen LogP contribution is -2.49. The van der Waals surface area contributed by atoms with Crippen LogP contribution in [0, 0.1) is 5.92 Å². The standard InChI is InChI=1S/C24H24BrNO3/c1-4-6-16(7-5-2)19-12-14-23(27)21-20(13-15-26-22(21)28-3)29-24(19,23)17-8-10-18(25)11-9-17/h4-11,13,15,19,27H,1,12,14H2,2-3H3/b7-5-,16-6+. The number of pyridine rings is 1. The number of hydrogen-bond donors (Lipinski definition) is 1.